The molecule has 0 aromatic rings. The van der Waals surface area contributed by atoms with Gasteiger partial charge in [-0.25, -0.2) is 0 Å². The number of fused-ring (bicyclic) bond motifs is 2. The fourth-order valence-corrected chi connectivity index (χ4v) is 3.65. The monoisotopic (exact) mass is 200 g/mol. The average molecular weight is 201 g/mol. The molecule has 0 heterocycles. The molecule has 3 unspecified atom stereocenters. The zero-order chi connectivity index (χ0) is 9.80. The highest BCUT2D eigenvalue weighted by molar-refractivity contribution is 6.64. The van der Waals surface area contributed by atoms with Gasteiger partial charge in [-0.1, -0.05) is 13.8 Å². The normalized spacial score (nSPS) is 41.2. The van der Waals surface area contributed by atoms with Gasteiger partial charge in [0.1, 0.15) is 5.78 Å². The highest BCUT2D eigenvalue weighted by Crippen LogP contribution is 2.58. The van der Waals surface area contributed by atoms with Gasteiger partial charge in [-0.3, -0.25) is 9.59 Å². The third-order valence-corrected chi connectivity index (χ3v) is 4.04. The van der Waals surface area contributed by atoms with Gasteiger partial charge in [0.2, 0.25) is 5.24 Å². The van der Waals surface area contributed by atoms with Crippen molar-refractivity contribution in [2.45, 2.75) is 26.7 Å². The summed E-state index contributed by atoms with van der Waals surface area (Å²) in [5, 5.41) is -0.259. The summed E-state index contributed by atoms with van der Waals surface area (Å²) in [7, 11) is 0. The largest absolute Gasteiger partial charge is 0.299 e. The minimum Gasteiger partial charge on any atom is -0.299 e. The molecule has 0 aliphatic heterocycles. The first kappa shape index (κ1) is 9.20. The molecular formula is C10H13ClO2. The Hall–Kier alpha value is -0.370. The fourth-order valence-electron chi connectivity index (χ4n) is 3.19. The first-order valence-corrected chi connectivity index (χ1v) is 5.04. The Kier molecular flexibility index (Phi) is 1.82. The Morgan fingerprint density at radius 3 is 2.54 bits per heavy atom. The summed E-state index contributed by atoms with van der Waals surface area (Å²) in [5.41, 5.74) is -0.209. The van der Waals surface area contributed by atoms with Crippen LogP contribution in [-0.4, -0.2) is 11.0 Å². The zero-order valence-corrected chi connectivity index (χ0v) is 8.60. The smallest absolute Gasteiger partial charge is 0.225 e. The lowest BCUT2D eigenvalue weighted by Crippen LogP contribution is -2.38. The molecule has 0 aromatic carbocycles. The molecule has 0 aromatic heterocycles. The van der Waals surface area contributed by atoms with Crippen LogP contribution in [-0.2, 0) is 9.59 Å². The molecule has 72 valence electrons. The van der Waals surface area contributed by atoms with Crippen LogP contribution >= 0.6 is 11.6 Å². The Balaban J connectivity index is 2.35. The molecule has 2 fully saturated rings. The molecule has 2 saturated carbocycles. The lowest BCUT2D eigenvalue weighted by atomic mass is 9.69. The van der Waals surface area contributed by atoms with Gasteiger partial charge >= 0.3 is 0 Å². The van der Waals surface area contributed by atoms with Crippen molar-refractivity contribution in [3.8, 4) is 0 Å². The second-order valence-corrected chi connectivity index (χ2v) is 5.19. The Bertz CT molecular complexity index is 283. The van der Waals surface area contributed by atoms with E-state index in [0.717, 1.165) is 6.42 Å². The van der Waals surface area contributed by atoms with Gasteiger partial charge in [-0.05, 0) is 29.4 Å². The lowest BCUT2D eigenvalue weighted by Gasteiger charge is -2.34. The van der Waals surface area contributed by atoms with Crippen molar-refractivity contribution in [1.29, 1.82) is 0 Å². The number of halogens is 1. The van der Waals surface area contributed by atoms with Crippen molar-refractivity contribution in [2.24, 2.45) is 23.2 Å². The molecule has 2 bridgehead atoms. The van der Waals surface area contributed by atoms with E-state index in [2.05, 4.69) is 0 Å². The highest BCUT2D eigenvalue weighted by Gasteiger charge is 2.59. The van der Waals surface area contributed by atoms with E-state index in [4.69, 9.17) is 11.6 Å². The van der Waals surface area contributed by atoms with E-state index in [1.165, 1.54) is 0 Å². The number of carbonyl (C=O) groups is 2. The highest BCUT2D eigenvalue weighted by atomic mass is 35.5. The number of hydrogen-bond donors (Lipinski definition) is 0. The van der Waals surface area contributed by atoms with Crippen LogP contribution in [0.5, 0.6) is 0 Å². The summed E-state index contributed by atoms with van der Waals surface area (Å²) in [5.74, 6) is 0.517. The third-order valence-electron chi connectivity index (χ3n) is 3.81. The maximum Gasteiger partial charge on any atom is 0.225 e. The van der Waals surface area contributed by atoms with Crippen molar-refractivity contribution in [1.82, 2.24) is 0 Å². The Morgan fingerprint density at radius 1 is 1.54 bits per heavy atom. The van der Waals surface area contributed by atoms with Crippen LogP contribution in [0.3, 0.4) is 0 Å². The molecule has 2 nitrogen and oxygen atoms in total. The van der Waals surface area contributed by atoms with E-state index >= 15 is 0 Å². The molecule has 0 saturated heterocycles. The maximum absolute atomic E-state index is 11.5. The van der Waals surface area contributed by atoms with E-state index in [0.29, 0.717) is 12.2 Å². The molecule has 0 spiro atoms. The first-order valence-electron chi connectivity index (χ1n) is 4.66. The van der Waals surface area contributed by atoms with Crippen molar-refractivity contribution < 1.29 is 9.59 Å². The molecule has 2 aliphatic rings. The van der Waals surface area contributed by atoms with E-state index < -0.39 is 0 Å². The minimum atomic E-state index is -0.259. The minimum absolute atomic E-state index is 0.0743. The predicted molar refractivity (Wildman–Crippen MR) is 49.4 cm³/mol. The summed E-state index contributed by atoms with van der Waals surface area (Å²) in [4.78, 5) is 22.7. The van der Waals surface area contributed by atoms with Gasteiger partial charge in [0.05, 0.1) is 0 Å². The van der Waals surface area contributed by atoms with E-state index in [1.807, 2.05) is 13.8 Å². The van der Waals surface area contributed by atoms with Gasteiger partial charge in [0.15, 0.2) is 0 Å². The zero-order valence-electron chi connectivity index (χ0n) is 7.84. The second kappa shape index (κ2) is 2.57. The van der Waals surface area contributed by atoms with E-state index in [-0.39, 0.29) is 28.4 Å². The molecule has 0 amide bonds. The molecule has 3 atom stereocenters. The van der Waals surface area contributed by atoms with Gasteiger partial charge in [-0.15, -0.1) is 0 Å². The number of Topliss-reactive ketones (excluding diaryl/α,β-unsaturated/α-hetero) is 1. The number of carbonyl (C=O) groups excluding carboxylic acids is 2. The molecule has 0 radical (unpaired) electrons. The van der Waals surface area contributed by atoms with Crippen LogP contribution < -0.4 is 0 Å². The Labute approximate surface area is 82.6 Å². The maximum atomic E-state index is 11.5. The standard InChI is InChI=1S/C10H13ClO2/c1-10(2)6-3-5(4-7(6)12)8(10)9(11)13/h5-6,8H,3-4H2,1-2H3. The predicted octanol–water partition coefficient (Wildman–Crippen LogP) is 2.00. The third kappa shape index (κ3) is 1.08. The van der Waals surface area contributed by atoms with Crippen LogP contribution in [0.15, 0.2) is 0 Å². The van der Waals surface area contributed by atoms with Crippen molar-refractivity contribution in [3.05, 3.63) is 0 Å². The van der Waals surface area contributed by atoms with Gasteiger partial charge in [0, 0.05) is 18.3 Å². The molecule has 2 aliphatic carbocycles. The Morgan fingerprint density at radius 2 is 2.15 bits per heavy atom. The fraction of sp³-hybridized carbons (Fsp3) is 0.800. The van der Waals surface area contributed by atoms with Gasteiger partial charge in [-0.2, -0.15) is 0 Å². The average Bonchev–Trinajstić information content (AvgIpc) is 2.39. The summed E-state index contributed by atoms with van der Waals surface area (Å²) in [6.07, 6.45) is 1.44. The summed E-state index contributed by atoms with van der Waals surface area (Å²) in [6, 6.07) is 0. The van der Waals surface area contributed by atoms with Crippen LogP contribution in [0, 0.1) is 23.2 Å². The van der Waals surface area contributed by atoms with Gasteiger partial charge in [0.25, 0.3) is 0 Å². The molecule has 0 N–H and O–H groups in total. The molecular weight excluding hydrogens is 188 g/mol. The van der Waals surface area contributed by atoms with Crippen LogP contribution in [0.25, 0.3) is 0 Å². The summed E-state index contributed by atoms with van der Waals surface area (Å²) < 4.78 is 0. The quantitative estimate of drug-likeness (QED) is 0.607. The lowest BCUT2D eigenvalue weighted by molar-refractivity contribution is -0.130. The van der Waals surface area contributed by atoms with E-state index in [1.54, 1.807) is 0 Å². The SMILES string of the molecule is CC1(C)C2CC(CC2=O)C1C(=O)Cl. The first-order chi connectivity index (χ1) is 5.94. The second-order valence-electron chi connectivity index (χ2n) is 4.82. The van der Waals surface area contributed by atoms with Gasteiger partial charge < -0.3 is 0 Å². The van der Waals surface area contributed by atoms with Crippen LogP contribution in [0.4, 0.5) is 0 Å². The summed E-state index contributed by atoms with van der Waals surface area (Å²) in [6.45, 7) is 3.97. The number of ketones is 1. The molecule has 13 heavy (non-hydrogen) atoms. The molecule has 2 rings (SSSR count). The number of rotatable bonds is 1. The van der Waals surface area contributed by atoms with Crippen LogP contribution in [0.1, 0.15) is 26.7 Å². The molecule has 3 heteroatoms. The van der Waals surface area contributed by atoms with E-state index in [9.17, 15) is 9.59 Å². The number of hydrogen-bond acceptors (Lipinski definition) is 2. The topological polar surface area (TPSA) is 34.1 Å². The summed E-state index contributed by atoms with van der Waals surface area (Å²) >= 11 is 5.56. The van der Waals surface area contributed by atoms with Crippen LogP contribution in [0.2, 0.25) is 0 Å². The van der Waals surface area contributed by atoms with Crippen molar-refractivity contribution in [2.75, 3.05) is 0 Å². The van der Waals surface area contributed by atoms with Crippen molar-refractivity contribution >= 4 is 22.6 Å². The van der Waals surface area contributed by atoms with Crippen molar-refractivity contribution in [3.63, 3.8) is 0 Å².